The van der Waals surface area contributed by atoms with Gasteiger partial charge in [0.2, 0.25) is 6.41 Å². The zero-order valence-electron chi connectivity index (χ0n) is 13.7. The highest BCUT2D eigenvalue weighted by atomic mass is 16.2. The summed E-state index contributed by atoms with van der Waals surface area (Å²) in [6.45, 7) is 6.55. The maximum Gasteiger partial charge on any atom is 0.267 e. The number of carbonyl (C=O) groups is 2. The van der Waals surface area contributed by atoms with Crippen LogP contribution in [0.5, 0.6) is 0 Å². The number of aryl methyl sites for hydroxylation is 3. The molecule has 0 unspecified atom stereocenters. The van der Waals surface area contributed by atoms with Gasteiger partial charge < -0.3 is 16.0 Å². The fraction of sp³-hybridized carbons (Fsp3) is 0.353. The lowest BCUT2D eigenvalue weighted by atomic mass is 10.0. The Hall–Kier alpha value is -2.65. The molecule has 0 aliphatic carbocycles. The molecule has 0 bridgehead atoms. The number of nitrogens with one attached hydrogen (secondary N) is 1. The van der Waals surface area contributed by atoms with Gasteiger partial charge >= 0.3 is 0 Å². The molecule has 0 aliphatic rings. The lowest BCUT2D eigenvalue weighted by Gasteiger charge is -2.14. The molecule has 0 aliphatic heterocycles. The van der Waals surface area contributed by atoms with Crippen LogP contribution in [0.3, 0.4) is 0 Å². The number of rotatable bonds is 7. The first kappa shape index (κ1) is 18.4. The van der Waals surface area contributed by atoms with E-state index in [1.807, 2.05) is 39.0 Å². The number of hydrogen-bond donors (Lipinski definition) is 2. The molecule has 0 spiro atoms. The Morgan fingerprint density at radius 2 is 1.96 bits per heavy atom. The second kappa shape index (κ2) is 8.71. The van der Waals surface area contributed by atoms with Gasteiger partial charge in [0.1, 0.15) is 11.6 Å². The summed E-state index contributed by atoms with van der Waals surface area (Å²) in [6.07, 6.45) is 2.41. The highest BCUT2D eigenvalue weighted by Gasteiger charge is 2.14. The summed E-state index contributed by atoms with van der Waals surface area (Å²) in [6, 6.07) is 5.74. The van der Waals surface area contributed by atoms with Crippen LogP contribution >= 0.6 is 0 Å². The zero-order valence-corrected chi connectivity index (χ0v) is 13.7. The number of anilines is 1. The Morgan fingerprint density at radius 1 is 1.35 bits per heavy atom. The largest absolute Gasteiger partial charge is 0.330 e. The minimum atomic E-state index is -0.540. The second-order valence-electron chi connectivity index (χ2n) is 5.37. The van der Waals surface area contributed by atoms with E-state index in [-0.39, 0.29) is 5.57 Å². The van der Waals surface area contributed by atoms with E-state index in [1.165, 1.54) is 11.1 Å². The summed E-state index contributed by atoms with van der Waals surface area (Å²) in [5.74, 6) is -0.540. The van der Waals surface area contributed by atoms with Crippen molar-refractivity contribution in [1.29, 1.82) is 5.26 Å². The average molecular weight is 314 g/mol. The molecule has 0 radical (unpaired) electrons. The minimum Gasteiger partial charge on any atom is -0.330 e. The number of nitriles is 1. The van der Waals surface area contributed by atoms with Crippen molar-refractivity contribution < 1.29 is 9.59 Å². The van der Waals surface area contributed by atoms with E-state index >= 15 is 0 Å². The third-order valence-corrected chi connectivity index (χ3v) is 3.33. The molecule has 122 valence electrons. The molecule has 0 fully saturated rings. The van der Waals surface area contributed by atoms with Gasteiger partial charge in [-0.3, -0.25) is 9.59 Å². The highest BCUT2D eigenvalue weighted by molar-refractivity contribution is 6.07. The van der Waals surface area contributed by atoms with Gasteiger partial charge in [-0.05, 0) is 44.9 Å². The van der Waals surface area contributed by atoms with E-state index in [4.69, 9.17) is 5.73 Å². The number of hydrogen-bond acceptors (Lipinski definition) is 4. The molecule has 23 heavy (non-hydrogen) atoms. The van der Waals surface area contributed by atoms with Crippen LogP contribution in [0.1, 0.15) is 23.1 Å². The summed E-state index contributed by atoms with van der Waals surface area (Å²) in [5, 5.41) is 11.9. The lowest BCUT2D eigenvalue weighted by Crippen LogP contribution is -2.23. The molecule has 0 aromatic heterocycles. The van der Waals surface area contributed by atoms with Crippen LogP contribution in [0.4, 0.5) is 5.69 Å². The monoisotopic (exact) mass is 314 g/mol. The van der Waals surface area contributed by atoms with Crippen molar-refractivity contribution in [3.05, 3.63) is 40.6 Å². The molecule has 0 saturated carbocycles. The molecule has 1 aromatic rings. The quantitative estimate of drug-likeness (QED) is 0.455. The first-order valence-corrected chi connectivity index (χ1v) is 7.35. The van der Waals surface area contributed by atoms with E-state index < -0.39 is 5.91 Å². The third kappa shape index (κ3) is 5.24. The molecule has 2 amide bonds. The summed E-state index contributed by atoms with van der Waals surface area (Å²) in [4.78, 5) is 24.5. The predicted octanol–water partition coefficient (Wildman–Crippen LogP) is 1.77. The molecule has 0 atom stereocenters. The van der Waals surface area contributed by atoms with E-state index in [2.05, 4.69) is 5.32 Å². The number of benzene rings is 1. The van der Waals surface area contributed by atoms with Gasteiger partial charge in [0.05, 0.1) is 0 Å². The Bertz CT molecular complexity index is 636. The first-order valence-electron chi connectivity index (χ1n) is 7.35. The molecule has 6 heteroatoms. The number of carbonyl (C=O) groups excluding carboxylic acids is 2. The van der Waals surface area contributed by atoms with Crippen LogP contribution in [0.25, 0.3) is 0 Å². The third-order valence-electron chi connectivity index (χ3n) is 3.33. The van der Waals surface area contributed by atoms with Gasteiger partial charge in [-0.15, -0.1) is 0 Å². The molecular weight excluding hydrogens is 292 g/mol. The van der Waals surface area contributed by atoms with Gasteiger partial charge in [0.15, 0.2) is 0 Å². The van der Waals surface area contributed by atoms with Crippen LogP contribution in [0, 0.1) is 32.1 Å². The van der Waals surface area contributed by atoms with E-state index in [0.717, 1.165) is 16.7 Å². The van der Waals surface area contributed by atoms with E-state index in [1.54, 1.807) is 0 Å². The van der Waals surface area contributed by atoms with Crippen molar-refractivity contribution in [2.75, 3.05) is 18.4 Å². The average Bonchev–Trinajstić information content (AvgIpc) is 2.51. The van der Waals surface area contributed by atoms with Crippen molar-refractivity contribution in [1.82, 2.24) is 4.90 Å². The number of nitrogens with zero attached hydrogens (tertiary/aromatic N) is 2. The van der Waals surface area contributed by atoms with Gasteiger partial charge in [-0.25, -0.2) is 0 Å². The predicted molar refractivity (Wildman–Crippen MR) is 89.4 cm³/mol. The van der Waals surface area contributed by atoms with Crippen LogP contribution in [-0.4, -0.2) is 30.3 Å². The summed E-state index contributed by atoms with van der Waals surface area (Å²) < 4.78 is 0. The van der Waals surface area contributed by atoms with Crippen LogP contribution in [0.2, 0.25) is 0 Å². The van der Waals surface area contributed by atoms with Crippen molar-refractivity contribution >= 4 is 18.0 Å². The molecule has 1 aromatic carbocycles. The first-order chi connectivity index (χ1) is 10.9. The van der Waals surface area contributed by atoms with E-state index in [0.29, 0.717) is 31.6 Å². The highest BCUT2D eigenvalue weighted by Crippen LogP contribution is 2.22. The summed E-state index contributed by atoms with van der Waals surface area (Å²) in [5.41, 5.74) is 8.89. The molecule has 6 nitrogen and oxygen atoms in total. The summed E-state index contributed by atoms with van der Waals surface area (Å²) in [7, 11) is 0. The second-order valence-corrected chi connectivity index (χ2v) is 5.37. The van der Waals surface area contributed by atoms with Gasteiger partial charge in [-0.1, -0.05) is 17.7 Å². The van der Waals surface area contributed by atoms with Gasteiger partial charge in [0.25, 0.3) is 5.91 Å². The summed E-state index contributed by atoms with van der Waals surface area (Å²) >= 11 is 0. The smallest absolute Gasteiger partial charge is 0.267 e. The van der Waals surface area contributed by atoms with Crippen molar-refractivity contribution in [3.63, 3.8) is 0 Å². The van der Waals surface area contributed by atoms with Gasteiger partial charge in [-0.2, -0.15) is 5.26 Å². The fourth-order valence-electron chi connectivity index (χ4n) is 2.28. The van der Waals surface area contributed by atoms with Crippen LogP contribution in [-0.2, 0) is 9.59 Å². The topological polar surface area (TPSA) is 99.2 Å². The Morgan fingerprint density at radius 3 is 2.43 bits per heavy atom. The van der Waals surface area contributed by atoms with Crippen LogP contribution < -0.4 is 11.1 Å². The fourth-order valence-corrected chi connectivity index (χ4v) is 2.28. The zero-order chi connectivity index (χ0) is 17.4. The van der Waals surface area contributed by atoms with Crippen molar-refractivity contribution in [3.8, 4) is 6.07 Å². The molecular formula is C17H22N4O2. The minimum absolute atomic E-state index is 0.131. The maximum atomic E-state index is 12.3. The number of amides is 2. The Labute approximate surface area is 136 Å². The van der Waals surface area contributed by atoms with Gasteiger partial charge in [0, 0.05) is 18.4 Å². The van der Waals surface area contributed by atoms with Crippen LogP contribution in [0.15, 0.2) is 23.9 Å². The molecule has 0 saturated heterocycles. The SMILES string of the molecule is Cc1cc(C)c(NC(=O)/C(C#N)=C\N(C=O)CCCN)c(C)c1. The standard InChI is InChI=1S/C17H22N4O2/c1-12-7-13(2)16(14(3)8-12)20-17(23)15(9-19)10-21(11-22)6-4-5-18/h7-8,10-11H,4-6,18H2,1-3H3,(H,20,23)/b15-10-. The van der Waals surface area contributed by atoms with Crippen molar-refractivity contribution in [2.24, 2.45) is 5.73 Å². The van der Waals surface area contributed by atoms with Crippen molar-refractivity contribution in [2.45, 2.75) is 27.2 Å². The number of nitrogens with two attached hydrogens (primary N) is 1. The molecule has 0 heterocycles. The van der Waals surface area contributed by atoms with E-state index in [9.17, 15) is 14.9 Å². The normalized spacial score (nSPS) is 10.8. The molecule has 1 rings (SSSR count). The maximum absolute atomic E-state index is 12.3. The molecule has 3 N–H and O–H groups in total. The Balaban J connectivity index is 2.98. The lowest BCUT2D eigenvalue weighted by molar-refractivity contribution is -0.116. The Kier molecular flexibility index (Phi) is 6.97.